The molecule has 0 saturated carbocycles. The summed E-state index contributed by atoms with van der Waals surface area (Å²) in [5.41, 5.74) is 1.49. The van der Waals surface area contributed by atoms with Crippen LogP contribution in [0.25, 0.3) is 0 Å². The van der Waals surface area contributed by atoms with E-state index in [1.165, 1.54) is 0 Å². The fourth-order valence-corrected chi connectivity index (χ4v) is 3.32. The third-order valence-corrected chi connectivity index (χ3v) is 4.40. The standard InChI is InChI=1S/C13H16N6S/c1-10-11(9-14)12(17(2)16-10)18-4-6-19(7-5-18)13-15-3-8-20-13/h3,8H,4-7H2,1-2H3. The van der Waals surface area contributed by atoms with Crippen LogP contribution in [0.4, 0.5) is 10.9 Å². The summed E-state index contributed by atoms with van der Waals surface area (Å²) >= 11 is 1.67. The van der Waals surface area contributed by atoms with Gasteiger partial charge in [-0.15, -0.1) is 11.3 Å². The van der Waals surface area contributed by atoms with Crippen LogP contribution in [0.5, 0.6) is 0 Å². The van der Waals surface area contributed by atoms with Crippen LogP contribution in [0.15, 0.2) is 11.6 Å². The van der Waals surface area contributed by atoms with Gasteiger partial charge in [0.15, 0.2) is 5.13 Å². The van der Waals surface area contributed by atoms with Crippen molar-refractivity contribution in [3.63, 3.8) is 0 Å². The molecule has 104 valence electrons. The van der Waals surface area contributed by atoms with Gasteiger partial charge in [0.05, 0.1) is 5.69 Å². The smallest absolute Gasteiger partial charge is 0.185 e. The molecule has 0 aliphatic carbocycles. The first kappa shape index (κ1) is 12.9. The predicted octanol–water partition coefficient (Wildman–Crippen LogP) is 1.38. The van der Waals surface area contributed by atoms with E-state index in [4.69, 9.17) is 0 Å². The Morgan fingerprint density at radius 1 is 1.25 bits per heavy atom. The molecule has 20 heavy (non-hydrogen) atoms. The van der Waals surface area contributed by atoms with E-state index in [9.17, 15) is 5.26 Å². The van der Waals surface area contributed by atoms with E-state index in [1.807, 2.05) is 30.2 Å². The highest BCUT2D eigenvalue weighted by atomic mass is 32.1. The lowest BCUT2D eigenvalue weighted by molar-refractivity contribution is 0.622. The first-order chi connectivity index (χ1) is 9.70. The molecule has 0 N–H and O–H groups in total. The highest BCUT2D eigenvalue weighted by Gasteiger charge is 2.24. The zero-order valence-corrected chi connectivity index (χ0v) is 12.4. The van der Waals surface area contributed by atoms with Crippen molar-refractivity contribution in [2.75, 3.05) is 36.0 Å². The Labute approximate surface area is 121 Å². The molecule has 0 amide bonds. The number of nitriles is 1. The van der Waals surface area contributed by atoms with E-state index in [0.29, 0.717) is 5.56 Å². The summed E-state index contributed by atoms with van der Waals surface area (Å²) in [4.78, 5) is 8.88. The fourth-order valence-electron chi connectivity index (χ4n) is 2.62. The van der Waals surface area contributed by atoms with Crippen molar-refractivity contribution in [3.8, 4) is 6.07 Å². The maximum Gasteiger partial charge on any atom is 0.185 e. The van der Waals surface area contributed by atoms with Gasteiger partial charge in [0.25, 0.3) is 0 Å². The van der Waals surface area contributed by atoms with Gasteiger partial charge in [-0.1, -0.05) is 0 Å². The average Bonchev–Trinajstić information content (AvgIpc) is 3.06. The highest BCUT2D eigenvalue weighted by Crippen LogP contribution is 2.25. The molecular formula is C13H16N6S. The van der Waals surface area contributed by atoms with Crippen LogP contribution in [-0.4, -0.2) is 40.9 Å². The van der Waals surface area contributed by atoms with E-state index in [-0.39, 0.29) is 0 Å². The summed E-state index contributed by atoms with van der Waals surface area (Å²) in [7, 11) is 1.90. The molecule has 0 bridgehead atoms. The van der Waals surface area contributed by atoms with Crippen molar-refractivity contribution >= 4 is 22.3 Å². The second-order valence-electron chi connectivity index (χ2n) is 4.81. The molecule has 0 aromatic carbocycles. The number of piperazine rings is 1. The molecule has 0 atom stereocenters. The van der Waals surface area contributed by atoms with Gasteiger partial charge in [-0.2, -0.15) is 10.4 Å². The predicted molar refractivity (Wildman–Crippen MR) is 79.2 cm³/mol. The Kier molecular flexibility index (Phi) is 3.32. The van der Waals surface area contributed by atoms with Crippen molar-refractivity contribution in [3.05, 3.63) is 22.8 Å². The highest BCUT2D eigenvalue weighted by molar-refractivity contribution is 7.13. The molecule has 3 rings (SSSR count). The van der Waals surface area contributed by atoms with Crippen molar-refractivity contribution in [1.82, 2.24) is 14.8 Å². The first-order valence-electron chi connectivity index (χ1n) is 6.54. The lowest BCUT2D eigenvalue weighted by Gasteiger charge is -2.35. The van der Waals surface area contributed by atoms with Gasteiger partial charge in [-0.3, -0.25) is 4.68 Å². The summed E-state index contributed by atoms with van der Waals surface area (Å²) in [5.74, 6) is 0.934. The molecule has 1 fully saturated rings. The Bertz CT molecular complexity index is 631. The second kappa shape index (κ2) is 5.13. The van der Waals surface area contributed by atoms with Gasteiger partial charge in [-0.25, -0.2) is 4.98 Å². The second-order valence-corrected chi connectivity index (χ2v) is 5.68. The van der Waals surface area contributed by atoms with E-state index < -0.39 is 0 Å². The molecule has 1 aliphatic heterocycles. The Morgan fingerprint density at radius 3 is 2.55 bits per heavy atom. The fraction of sp³-hybridized carbons (Fsp3) is 0.462. The quantitative estimate of drug-likeness (QED) is 0.835. The van der Waals surface area contributed by atoms with Crippen LogP contribution in [0.2, 0.25) is 0 Å². The molecule has 1 saturated heterocycles. The monoisotopic (exact) mass is 288 g/mol. The van der Waals surface area contributed by atoms with Crippen LogP contribution in [0.3, 0.4) is 0 Å². The van der Waals surface area contributed by atoms with E-state index in [1.54, 1.807) is 11.3 Å². The van der Waals surface area contributed by atoms with E-state index >= 15 is 0 Å². The SMILES string of the molecule is Cc1nn(C)c(N2CCN(c3nccs3)CC2)c1C#N. The van der Waals surface area contributed by atoms with Crippen molar-refractivity contribution in [2.24, 2.45) is 7.05 Å². The number of aryl methyl sites for hydroxylation is 2. The van der Waals surface area contributed by atoms with Gasteiger partial charge in [0.1, 0.15) is 17.5 Å². The molecule has 2 aromatic heterocycles. The van der Waals surface area contributed by atoms with Gasteiger partial charge >= 0.3 is 0 Å². The number of anilines is 2. The molecule has 0 radical (unpaired) electrons. The average molecular weight is 288 g/mol. The molecule has 0 unspecified atom stereocenters. The Morgan fingerprint density at radius 2 is 1.95 bits per heavy atom. The molecule has 3 heterocycles. The van der Waals surface area contributed by atoms with Crippen LogP contribution in [-0.2, 0) is 7.05 Å². The maximum atomic E-state index is 9.30. The molecule has 7 heteroatoms. The number of nitrogens with zero attached hydrogens (tertiary/aromatic N) is 6. The number of thiazole rings is 1. The lowest BCUT2D eigenvalue weighted by Crippen LogP contribution is -2.47. The zero-order chi connectivity index (χ0) is 14.1. The zero-order valence-electron chi connectivity index (χ0n) is 11.6. The van der Waals surface area contributed by atoms with Gasteiger partial charge < -0.3 is 9.80 Å². The third kappa shape index (κ3) is 2.12. The number of rotatable bonds is 2. The molecule has 2 aromatic rings. The van der Waals surface area contributed by atoms with Crippen molar-refractivity contribution in [1.29, 1.82) is 5.26 Å². The Balaban J connectivity index is 1.77. The summed E-state index contributed by atoms with van der Waals surface area (Å²) in [6.07, 6.45) is 1.84. The minimum atomic E-state index is 0.690. The summed E-state index contributed by atoms with van der Waals surface area (Å²) in [6.45, 7) is 5.49. The largest absolute Gasteiger partial charge is 0.352 e. The summed E-state index contributed by atoms with van der Waals surface area (Å²) in [6, 6.07) is 2.27. The number of hydrogen-bond acceptors (Lipinski definition) is 6. The number of hydrogen-bond donors (Lipinski definition) is 0. The van der Waals surface area contributed by atoms with E-state index in [0.717, 1.165) is 42.8 Å². The van der Waals surface area contributed by atoms with Crippen LogP contribution in [0, 0.1) is 18.3 Å². The van der Waals surface area contributed by atoms with Gasteiger partial charge in [-0.05, 0) is 6.92 Å². The van der Waals surface area contributed by atoms with Gasteiger partial charge in [0.2, 0.25) is 0 Å². The van der Waals surface area contributed by atoms with Crippen LogP contribution in [0.1, 0.15) is 11.3 Å². The molecule has 6 nitrogen and oxygen atoms in total. The van der Waals surface area contributed by atoms with Crippen molar-refractivity contribution in [2.45, 2.75) is 6.92 Å². The first-order valence-corrected chi connectivity index (χ1v) is 7.41. The third-order valence-electron chi connectivity index (χ3n) is 3.57. The number of aromatic nitrogens is 3. The van der Waals surface area contributed by atoms with Crippen LogP contribution < -0.4 is 9.80 Å². The lowest BCUT2D eigenvalue weighted by atomic mass is 10.2. The van der Waals surface area contributed by atoms with Crippen LogP contribution >= 0.6 is 11.3 Å². The Hall–Kier alpha value is -2.07. The summed E-state index contributed by atoms with van der Waals surface area (Å²) < 4.78 is 1.81. The van der Waals surface area contributed by atoms with E-state index in [2.05, 4.69) is 26.0 Å². The molecule has 1 aliphatic rings. The maximum absolute atomic E-state index is 9.30. The topological polar surface area (TPSA) is 61.0 Å². The minimum absolute atomic E-state index is 0.690. The summed E-state index contributed by atoms with van der Waals surface area (Å²) in [5, 5.41) is 16.7. The normalized spacial score (nSPS) is 15.4. The minimum Gasteiger partial charge on any atom is -0.352 e. The van der Waals surface area contributed by atoms with Gasteiger partial charge in [0, 0.05) is 44.8 Å². The molecular weight excluding hydrogens is 272 g/mol. The van der Waals surface area contributed by atoms with Crippen molar-refractivity contribution < 1.29 is 0 Å². The molecule has 0 spiro atoms.